The fourth-order valence-electron chi connectivity index (χ4n) is 2.76. The first kappa shape index (κ1) is 15.3. The smallest absolute Gasteiger partial charge is 0.137 e. The molecule has 0 aliphatic carbocycles. The summed E-state index contributed by atoms with van der Waals surface area (Å²) in [6.45, 7) is 9.72. The first-order valence-corrected chi connectivity index (χ1v) is 7.03. The van der Waals surface area contributed by atoms with Crippen LogP contribution in [0.4, 0.5) is 0 Å². The van der Waals surface area contributed by atoms with Gasteiger partial charge in [-0.1, -0.05) is 6.07 Å². The summed E-state index contributed by atoms with van der Waals surface area (Å²) >= 11 is 0. The van der Waals surface area contributed by atoms with Crippen LogP contribution in [0.15, 0.2) is 24.5 Å². The van der Waals surface area contributed by atoms with Gasteiger partial charge in [-0.25, -0.2) is 4.98 Å². The maximum atomic E-state index is 4.71. The average molecular weight is 295 g/mol. The zero-order valence-electron chi connectivity index (χ0n) is 12.3. The van der Waals surface area contributed by atoms with Crippen molar-refractivity contribution in [3.8, 4) is 0 Å². The molecule has 1 N–H and O–H groups in total. The van der Waals surface area contributed by atoms with E-state index in [1.54, 1.807) is 0 Å². The van der Waals surface area contributed by atoms with E-state index in [9.17, 15) is 0 Å². The molecule has 2 aromatic rings. The molecule has 0 bridgehead atoms. The number of aryl methyl sites for hydroxylation is 1. The second-order valence-electron chi connectivity index (χ2n) is 5.79. The first-order valence-electron chi connectivity index (χ1n) is 7.03. The van der Waals surface area contributed by atoms with Crippen molar-refractivity contribution >= 4 is 18.1 Å². The largest absolute Gasteiger partial charge is 0.311 e. The Labute approximate surface area is 126 Å². The summed E-state index contributed by atoms with van der Waals surface area (Å²) in [5.41, 5.74) is 3.46. The lowest BCUT2D eigenvalue weighted by molar-refractivity contribution is 0.137. The fourth-order valence-corrected chi connectivity index (χ4v) is 2.76. The van der Waals surface area contributed by atoms with Crippen LogP contribution in [0.5, 0.6) is 0 Å². The van der Waals surface area contributed by atoms with Crippen molar-refractivity contribution in [3.63, 3.8) is 0 Å². The molecule has 1 aliphatic heterocycles. The Balaban J connectivity index is 0.00000147. The van der Waals surface area contributed by atoms with Crippen molar-refractivity contribution in [2.24, 2.45) is 0 Å². The van der Waals surface area contributed by atoms with Crippen LogP contribution in [0.3, 0.4) is 0 Å². The predicted octanol–water partition coefficient (Wildman–Crippen LogP) is 2.25. The summed E-state index contributed by atoms with van der Waals surface area (Å²) in [6.07, 6.45) is 4.29. The van der Waals surface area contributed by atoms with E-state index in [1.165, 1.54) is 5.56 Å². The van der Waals surface area contributed by atoms with Crippen LogP contribution in [0.1, 0.15) is 25.1 Å². The number of aromatic nitrogens is 2. The van der Waals surface area contributed by atoms with Crippen molar-refractivity contribution in [2.45, 2.75) is 39.4 Å². The SMILES string of the molecule is Cc1ccc2nc(CN3CC(C)NCC3C)cn2c1.Cl. The van der Waals surface area contributed by atoms with Gasteiger partial charge in [-0.15, -0.1) is 12.4 Å². The van der Waals surface area contributed by atoms with E-state index >= 15 is 0 Å². The number of hydrogen-bond acceptors (Lipinski definition) is 3. The number of rotatable bonds is 2. The van der Waals surface area contributed by atoms with E-state index < -0.39 is 0 Å². The van der Waals surface area contributed by atoms with Gasteiger partial charge in [-0.3, -0.25) is 4.90 Å². The van der Waals surface area contributed by atoms with Gasteiger partial charge in [-0.2, -0.15) is 0 Å². The van der Waals surface area contributed by atoms with Gasteiger partial charge < -0.3 is 9.72 Å². The summed E-state index contributed by atoms with van der Waals surface area (Å²) in [6, 6.07) is 5.34. The summed E-state index contributed by atoms with van der Waals surface area (Å²) in [4.78, 5) is 7.22. The lowest BCUT2D eigenvalue weighted by Gasteiger charge is -2.37. The quantitative estimate of drug-likeness (QED) is 0.922. The molecule has 110 valence electrons. The third kappa shape index (κ3) is 3.14. The number of fused-ring (bicyclic) bond motifs is 1. The second kappa shape index (κ2) is 6.12. The van der Waals surface area contributed by atoms with Crippen molar-refractivity contribution < 1.29 is 0 Å². The third-order valence-corrected chi connectivity index (χ3v) is 3.91. The molecule has 1 aliphatic rings. The van der Waals surface area contributed by atoms with Crippen molar-refractivity contribution in [1.29, 1.82) is 0 Å². The summed E-state index contributed by atoms with van der Waals surface area (Å²) in [5, 5.41) is 3.51. The molecule has 0 saturated carbocycles. The van der Waals surface area contributed by atoms with Crippen LogP contribution in [-0.2, 0) is 6.54 Å². The lowest BCUT2D eigenvalue weighted by Crippen LogP contribution is -2.53. The van der Waals surface area contributed by atoms with Crippen LogP contribution >= 0.6 is 12.4 Å². The summed E-state index contributed by atoms with van der Waals surface area (Å²) in [7, 11) is 0. The van der Waals surface area contributed by atoms with Crippen LogP contribution in [0.2, 0.25) is 0 Å². The Morgan fingerprint density at radius 2 is 2.10 bits per heavy atom. The Morgan fingerprint density at radius 3 is 2.90 bits per heavy atom. The minimum Gasteiger partial charge on any atom is -0.311 e. The van der Waals surface area contributed by atoms with E-state index in [0.29, 0.717) is 12.1 Å². The monoisotopic (exact) mass is 294 g/mol. The van der Waals surface area contributed by atoms with Crippen molar-refractivity contribution in [3.05, 3.63) is 35.8 Å². The van der Waals surface area contributed by atoms with Gasteiger partial charge in [0.05, 0.1) is 5.69 Å². The molecule has 2 unspecified atom stereocenters. The maximum absolute atomic E-state index is 4.71. The molecule has 4 nitrogen and oxygen atoms in total. The highest BCUT2D eigenvalue weighted by Gasteiger charge is 2.22. The highest BCUT2D eigenvalue weighted by molar-refractivity contribution is 5.85. The van der Waals surface area contributed by atoms with Crippen LogP contribution in [0, 0.1) is 6.92 Å². The third-order valence-electron chi connectivity index (χ3n) is 3.91. The molecule has 1 fully saturated rings. The zero-order valence-corrected chi connectivity index (χ0v) is 13.2. The van der Waals surface area contributed by atoms with Gasteiger partial charge in [0.15, 0.2) is 0 Å². The first-order chi connectivity index (χ1) is 9.11. The Kier molecular flexibility index (Phi) is 4.68. The van der Waals surface area contributed by atoms with Gasteiger partial charge >= 0.3 is 0 Å². The standard InChI is InChI=1S/C15H22N4.ClH/c1-11-4-5-15-17-14(10-19(15)7-11)9-18-8-12(2)16-6-13(18)3;/h4-5,7,10,12-13,16H,6,8-9H2,1-3H3;1H. The van der Waals surface area contributed by atoms with Gasteiger partial charge in [0.1, 0.15) is 5.65 Å². The number of nitrogens with zero attached hydrogens (tertiary/aromatic N) is 3. The van der Waals surface area contributed by atoms with Crippen molar-refractivity contribution in [1.82, 2.24) is 19.6 Å². The maximum Gasteiger partial charge on any atom is 0.137 e. The zero-order chi connectivity index (χ0) is 13.4. The molecule has 1 saturated heterocycles. The molecule has 3 heterocycles. The Hall–Kier alpha value is -1.10. The van der Waals surface area contributed by atoms with Crippen LogP contribution < -0.4 is 5.32 Å². The molecular formula is C15H23ClN4. The van der Waals surface area contributed by atoms with E-state index in [-0.39, 0.29) is 12.4 Å². The van der Waals surface area contributed by atoms with Crippen LogP contribution in [-0.4, -0.2) is 39.5 Å². The molecule has 5 heteroatoms. The number of pyridine rings is 1. The topological polar surface area (TPSA) is 32.6 Å². The lowest BCUT2D eigenvalue weighted by atomic mass is 10.1. The molecule has 3 rings (SSSR count). The summed E-state index contributed by atoms with van der Waals surface area (Å²) < 4.78 is 2.13. The highest BCUT2D eigenvalue weighted by atomic mass is 35.5. The van der Waals surface area contributed by atoms with E-state index in [4.69, 9.17) is 4.98 Å². The highest BCUT2D eigenvalue weighted by Crippen LogP contribution is 2.13. The van der Waals surface area contributed by atoms with Crippen LogP contribution in [0.25, 0.3) is 5.65 Å². The number of halogens is 1. The Morgan fingerprint density at radius 1 is 1.30 bits per heavy atom. The van der Waals surface area contributed by atoms with E-state index in [1.807, 2.05) is 0 Å². The normalized spacial score (nSPS) is 23.8. The summed E-state index contributed by atoms with van der Waals surface area (Å²) in [5.74, 6) is 0. The average Bonchev–Trinajstić information content (AvgIpc) is 2.75. The van der Waals surface area contributed by atoms with Gasteiger partial charge in [0.2, 0.25) is 0 Å². The molecule has 0 aromatic carbocycles. The second-order valence-corrected chi connectivity index (χ2v) is 5.79. The molecule has 20 heavy (non-hydrogen) atoms. The van der Waals surface area contributed by atoms with Gasteiger partial charge in [0, 0.05) is 44.1 Å². The molecule has 2 aromatic heterocycles. The number of piperazine rings is 1. The number of nitrogens with one attached hydrogen (secondary N) is 1. The van der Waals surface area contributed by atoms with E-state index in [0.717, 1.165) is 31.0 Å². The molecule has 0 spiro atoms. The van der Waals surface area contributed by atoms with E-state index in [2.05, 4.69) is 59.9 Å². The molecule has 0 radical (unpaired) electrons. The predicted molar refractivity (Wildman–Crippen MR) is 84.5 cm³/mol. The minimum atomic E-state index is 0. The minimum absolute atomic E-state index is 0. The molecular weight excluding hydrogens is 272 g/mol. The van der Waals surface area contributed by atoms with Gasteiger partial charge in [0.25, 0.3) is 0 Å². The van der Waals surface area contributed by atoms with Crippen molar-refractivity contribution in [2.75, 3.05) is 13.1 Å². The number of imidazole rings is 1. The van der Waals surface area contributed by atoms with Gasteiger partial charge in [-0.05, 0) is 32.4 Å². The Bertz CT molecular complexity index is 580. The molecule has 2 atom stereocenters. The molecule has 0 amide bonds. The number of hydrogen-bond donors (Lipinski definition) is 1. The fraction of sp³-hybridized carbons (Fsp3) is 0.533.